The van der Waals surface area contributed by atoms with E-state index in [1.54, 1.807) is 12.1 Å². The SMILES string of the molecule is CCCOc1ccc(F)cc1C(C)CCS. The van der Waals surface area contributed by atoms with E-state index in [2.05, 4.69) is 26.5 Å². The van der Waals surface area contributed by atoms with E-state index in [9.17, 15) is 4.39 Å². The monoisotopic (exact) mass is 242 g/mol. The molecular formula is C13H19FOS. The molecule has 0 spiro atoms. The Balaban J connectivity index is 2.88. The molecule has 1 unspecified atom stereocenters. The second-order valence-electron chi connectivity index (χ2n) is 3.94. The van der Waals surface area contributed by atoms with Gasteiger partial charge in [0.2, 0.25) is 0 Å². The molecule has 3 heteroatoms. The van der Waals surface area contributed by atoms with Crippen LogP contribution in [0.5, 0.6) is 5.75 Å². The van der Waals surface area contributed by atoms with Gasteiger partial charge >= 0.3 is 0 Å². The van der Waals surface area contributed by atoms with Gasteiger partial charge in [0.25, 0.3) is 0 Å². The zero-order chi connectivity index (χ0) is 12.0. The third-order valence-electron chi connectivity index (χ3n) is 2.53. The lowest BCUT2D eigenvalue weighted by Crippen LogP contribution is -2.03. The molecule has 1 atom stereocenters. The summed E-state index contributed by atoms with van der Waals surface area (Å²) in [4.78, 5) is 0. The second kappa shape index (κ2) is 6.79. The smallest absolute Gasteiger partial charge is 0.123 e. The molecule has 0 amide bonds. The summed E-state index contributed by atoms with van der Waals surface area (Å²) in [5.41, 5.74) is 0.947. The topological polar surface area (TPSA) is 9.23 Å². The molecule has 1 rings (SSSR count). The van der Waals surface area contributed by atoms with Gasteiger partial charge in [0.1, 0.15) is 11.6 Å². The number of benzene rings is 1. The van der Waals surface area contributed by atoms with Gasteiger partial charge in [-0.2, -0.15) is 12.6 Å². The van der Waals surface area contributed by atoms with Crippen molar-refractivity contribution in [2.75, 3.05) is 12.4 Å². The first-order valence-electron chi connectivity index (χ1n) is 5.72. The van der Waals surface area contributed by atoms with Gasteiger partial charge in [-0.3, -0.25) is 0 Å². The van der Waals surface area contributed by atoms with E-state index in [1.807, 2.05) is 0 Å². The minimum absolute atomic E-state index is 0.204. The number of rotatable bonds is 6. The Kier molecular flexibility index (Phi) is 5.67. The van der Waals surface area contributed by atoms with Crippen LogP contribution >= 0.6 is 12.6 Å². The molecule has 0 aliphatic heterocycles. The van der Waals surface area contributed by atoms with Crippen molar-refractivity contribution in [2.45, 2.75) is 32.6 Å². The molecule has 0 radical (unpaired) electrons. The zero-order valence-corrected chi connectivity index (χ0v) is 10.8. The van der Waals surface area contributed by atoms with Crippen LogP contribution in [0.3, 0.4) is 0 Å². The number of hydrogen-bond acceptors (Lipinski definition) is 2. The van der Waals surface area contributed by atoms with Gasteiger partial charge in [0.15, 0.2) is 0 Å². The maximum absolute atomic E-state index is 13.2. The Morgan fingerprint density at radius 3 is 2.81 bits per heavy atom. The fourth-order valence-corrected chi connectivity index (χ4v) is 1.98. The molecule has 0 heterocycles. The summed E-state index contributed by atoms with van der Waals surface area (Å²) in [7, 11) is 0. The van der Waals surface area contributed by atoms with Crippen molar-refractivity contribution in [1.29, 1.82) is 0 Å². The number of ether oxygens (including phenoxy) is 1. The van der Waals surface area contributed by atoms with Crippen molar-refractivity contribution >= 4 is 12.6 Å². The van der Waals surface area contributed by atoms with Gasteiger partial charge in [-0.1, -0.05) is 13.8 Å². The number of thiol groups is 1. The summed E-state index contributed by atoms with van der Waals surface area (Å²) in [5, 5.41) is 0. The van der Waals surface area contributed by atoms with Crippen molar-refractivity contribution in [3.63, 3.8) is 0 Å². The van der Waals surface area contributed by atoms with Crippen LogP contribution in [0.25, 0.3) is 0 Å². The summed E-state index contributed by atoms with van der Waals surface area (Å²) >= 11 is 4.21. The first kappa shape index (κ1) is 13.4. The third-order valence-corrected chi connectivity index (χ3v) is 2.78. The zero-order valence-electron chi connectivity index (χ0n) is 9.87. The Bertz CT molecular complexity index is 328. The van der Waals surface area contributed by atoms with Crippen LogP contribution in [0.15, 0.2) is 18.2 Å². The summed E-state index contributed by atoms with van der Waals surface area (Å²) in [6, 6.07) is 4.73. The lowest BCUT2D eigenvalue weighted by molar-refractivity contribution is 0.311. The van der Waals surface area contributed by atoms with Gasteiger partial charge in [-0.15, -0.1) is 0 Å². The van der Waals surface area contributed by atoms with Crippen LogP contribution in [0.2, 0.25) is 0 Å². The highest BCUT2D eigenvalue weighted by molar-refractivity contribution is 7.80. The van der Waals surface area contributed by atoms with E-state index in [4.69, 9.17) is 4.74 Å². The van der Waals surface area contributed by atoms with E-state index >= 15 is 0 Å². The standard InChI is InChI=1S/C13H19FOS/c1-3-7-15-13-5-4-11(14)9-12(13)10(2)6-8-16/h4-5,9-10,16H,3,6-8H2,1-2H3. The predicted octanol–water partition coefficient (Wildman–Crippen LogP) is 4.04. The fourth-order valence-electron chi connectivity index (χ4n) is 1.60. The van der Waals surface area contributed by atoms with Gasteiger partial charge in [-0.05, 0) is 48.3 Å². The highest BCUT2D eigenvalue weighted by atomic mass is 32.1. The van der Waals surface area contributed by atoms with Gasteiger partial charge < -0.3 is 4.74 Å². The summed E-state index contributed by atoms with van der Waals surface area (Å²) < 4.78 is 18.8. The Morgan fingerprint density at radius 1 is 1.44 bits per heavy atom. The average molecular weight is 242 g/mol. The van der Waals surface area contributed by atoms with Crippen LogP contribution in [0.4, 0.5) is 4.39 Å². The van der Waals surface area contributed by atoms with Crippen LogP contribution < -0.4 is 4.74 Å². The molecule has 0 aromatic heterocycles. The highest BCUT2D eigenvalue weighted by Gasteiger charge is 2.12. The van der Waals surface area contributed by atoms with Crippen LogP contribution in [0.1, 0.15) is 38.2 Å². The molecule has 0 bridgehead atoms. The molecule has 90 valence electrons. The molecule has 0 aliphatic rings. The molecule has 16 heavy (non-hydrogen) atoms. The van der Waals surface area contributed by atoms with Crippen LogP contribution in [-0.4, -0.2) is 12.4 Å². The van der Waals surface area contributed by atoms with E-state index in [-0.39, 0.29) is 11.7 Å². The molecule has 0 aliphatic carbocycles. The first-order valence-corrected chi connectivity index (χ1v) is 6.35. The number of hydrogen-bond donors (Lipinski definition) is 1. The molecule has 1 aromatic rings. The molecule has 0 fully saturated rings. The lowest BCUT2D eigenvalue weighted by atomic mass is 9.97. The summed E-state index contributed by atoms with van der Waals surface area (Å²) in [6.45, 7) is 4.80. The van der Waals surface area contributed by atoms with Crippen LogP contribution in [0, 0.1) is 5.82 Å². The Hall–Kier alpha value is -0.700. The van der Waals surface area contributed by atoms with E-state index in [0.29, 0.717) is 6.61 Å². The average Bonchev–Trinajstić information content (AvgIpc) is 2.27. The Labute approximate surface area is 102 Å². The molecule has 0 saturated heterocycles. The van der Waals surface area contributed by atoms with Gasteiger partial charge in [0.05, 0.1) is 6.61 Å². The second-order valence-corrected chi connectivity index (χ2v) is 4.39. The van der Waals surface area contributed by atoms with Crippen molar-refractivity contribution < 1.29 is 9.13 Å². The fraction of sp³-hybridized carbons (Fsp3) is 0.538. The highest BCUT2D eigenvalue weighted by Crippen LogP contribution is 2.29. The minimum atomic E-state index is -0.204. The van der Waals surface area contributed by atoms with Crippen molar-refractivity contribution in [1.82, 2.24) is 0 Å². The summed E-state index contributed by atoms with van der Waals surface area (Å²) in [5.74, 6) is 1.67. The first-order chi connectivity index (χ1) is 7.69. The van der Waals surface area contributed by atoms with E-state index in [1.165, 1.54) is 6.07 Å². The molecule has 1 aromatic carbocycles. The van der Waals surface area contributed by atoms with Crippen LogP contribution in [-0.2, 0) is 0 Å². The van der Waals surface area contributed by atoms with E-state index < -0.39 is 0 Å². The lowest BCUT2D eigenvalue weighted by Gasteiger charge is -2.16. The minimum Gasteiger partial charge on any atom is -0.493 e. The third kappa shape index (κ3) is 3.71. The van der Waals surface area contributed by atoms with Gasteiger partial charge in [-0.25, -0.2) is 4.39 Å². The quantitative estimate of drug-likeness (QED) is 0.741. The molecule has 0 N–H and O–H groups in total. The molecule has 1 nitrogen and oxygen atoms in total. The van der Waals surface area contributed by atoms with E-state index in [0.717, 1.165) is 29.9 Å². The van der Waals surface area contributed by atoms with Crippen molar-refractivity contribution in [2.24, 2.45) is 0 Å². The number of halogens is 1. The summed E-state index contributed by atoms with van der Waals surface area (Å²) in [6.07, 6.45) is 1.88. The van der Waals surface area contributed by atoms with Gasteiger partial charge in [0, 0.05) is 0 Å². The maximum Gasteiger partial charge on any atom is 0.123 e. The Morgan fingerprint density at radius 2 is 2.19 bits per heavy atom. The maximum atomic E-state index is 13.2. The van der Waals surface area contributed by atoms with Crippen molar-refractivity contribution in [3.05, 3.63) is 29.6 Å². The largest absolute Gasteiger partial charge is 0.493 e. The molecular weight excluding hydrogens is 223 g/mol. The van der Waals surface area contributed by atoms with Crippen molar-refractivity contribution in [3.8, 4) is 5.75 Å². The normalized spacial score (nSPS) is 12.5. The predicted molar refractivity (Wildman–Crippen MR) is 69.1 cm³/mol. The molecule has 0 saturated carbocycles.